The summed E-state index contributed by atoms with van der Waals surface area (Å²) >= 11 is 0. The number of carbonyl (C=O) groups is 1. The number of hydrogen-bond acceptors (Lipinski definition) is 4. The van der Waals surface area contributed by atoms with Crippen molar-refractivity contribution in [2.45, 2.75) is 6.92 Å². The van der Waals surface area contributed by atoms with Crippen LogP contribution in [0, 0.1) is 11.6 Å². The molecule has 98 valence electrons. The Bertz CT molecular complexity index is 448. The highest BCUT2D eigenvalue weighted by molar-refractivity contribution is 5.88. The van der Waals surface area contributed by atoms with E-state index in [-0.39, 0.29) is 24.5 Å². The van der Waals surface area contributed by atoms with E-state index in [0.717, 1.165) is 12.1 Å². The third-order valence-electron chi connectivity index (χ3n) is 1.88. The number of carbonyl (C=O) groups excluding carboxylic acids is 1. The van der Waals surface area contributed by atoms with Crippen LogP contribution in [-0.4, -0.2) is 24.3 Å². The van der Waals surface area contributed by atoms with Gasteiger partial charge < -0.3 is 14.6 Å². The Labute approximate surface area is 102 Å². The Kier molecular flexibility index (Phi) is 4.79. The third-order valence-corrected chi connectivity index (χ3v) is 1.88. The first-order chi connectivity index (χ1) is 8.45. The molecule has 0 amide bonds. The first-order valence-corrected chi connectivity index (χ1v) is 5.06. The molecule has 4 nitrogen and oxygen atoms in total. The minimum atomic E-state index is -1.07. The van der Waals surface area contributed by atoms with E-state index in [0.29, 0.717) is 0 Å². The van der Waals surface area contributed by atoms with Gasteiger partial charge >= 0.3 is 5.97 Å². The van der Waals surface area contributed by atoms with Crippen LogP contribution in [-0.2, 0) is 4.79 Å². The topological polar surface area (TPSA) is 55.8 Å². The molecule has 0 aromatic heterocycles. The highest BCUT2D eigenvalue weighted by Crippen LogP contribution is 2.27. The van der Waals surface area contributed by atoms with Crippen LogP contribution in [0.2, 0.25) is 0 Å². The van der Waals surface area contributed by atoms with Gasteiger partial charge in [-0.15, -0.1) is 0 Å². The normalized spacial score (nSPS) is 10.0. The predicted molar refractivity (Wildman–Crippen MR) is 59.4 cm³/mol. The van der Waals surface area contributed by atoms with E-state index in [9.17, 15) is 13.6 Å². The molecular weight excluding hydrogens is 246 g/mol. The van der Waals surface area contributed by atoms with Crippen molar-refractivity contribution in [3.8, 4) is 11.5 Å². The Morgan fingerprint density at radius 1 is 1.39 bits per heavy atom. The summed E-state index contributed by atoms with van der Waals surface area (Å²) < 4.78 is 36.3. The van der Waals surface area contributed by atoms with Gasteiger partial charge in [0, 0.05) is 17.7 Å². The second-order valence-corrected chi connectivity index (χ2v) is 3.46. The van der Waals surface area contributed by atoms with Crippen LogP contribution in [0.15, 0.2) is 24.3 Å². The molecular formula is C12H12F2O4. The Morgan fingerprint density at radius 2 is 1.94 bits per heavy atom. The fourth-order valence-electron chi connectivity index (χ4n) is 1.06. The lowest BCUT2D eigenvalue weighted by Gasteiger charge is -2.09. The highest BCUT2D eigenvalue weighted by atomic mass is 19.1. The maximum absolute atomic E-state index is 13.5. The third kappa shape index (κ3) is 3.53. The predicted octanol–water partition coefficient (Wildman–Crippen LogP) is 1.82. The van der Waals surface area contributed by atoms with Gasteiger partial charge in [-0.2, -0.15) is 0 Å². The smallest absolute Gasteiger partial charge is 0.338 e. The van der Waals surface area contributed by atoms with E-state index in [1.165, 1.54) is 6.92 Å². The summed E-state index contributed by atoms with van der Waals surface area (Å²) in [4.78, 5) is 11.2. The highest BCUT2D eigenvalue weighted by Gasteiger charge is 2.17. The zero-order valence-corrected chi connectivity index (χ0v) is 9.70. The number of aliphatic hydroxyl groups excluding tert-OH is 1. The molecule has 1 aromatic rings. The van der Waals surface area contributed by atoms with E-state index < -0.39 is 23.4 Å². The zero-order chi connectivity index (χ0) is 13.7. The molecule has 0 unspecified atom stereocenters. The second kappa shape index (κ2) is 6.11. The van der Waals surface area contributed by atoms with Gasteiger partial charge in [0.1, 0.15) is 12.4 Å². The van der Waals surface area contributed by atoms with Crippen molar-refractivity contribution in [1.29, 1.82) is 0 Å². The fourth-order valence-corrected chi connectivity index (χ4v) is 1.06. The zero-order valence-electron chi connectivity index (χ0n) is 9.70. The molecule has 1 N–H and O–H groups in total. The van der Waals surface area contributed by atoms with Gasteiger partial charge in [0.05, 0.1) is 6.61 Å². The van der Waals surface area contributed by atoms with Gasteiger partial charge in [0.2, 0.25) is 5.75 Å². The van der Waals surface area contributed by atoms with E-state index in [1.807, 2.05) is 0 Å². The maximum Gasteiger partial charge on any atom is 0.338 e. The van der Waals surface area contributed by atoms with Crippen LogP contribution in [0.25, 0.3) is 0 Å². The summed E-state index contributed by atoms with van der Waals surface area (Å²) in [6.45, 7) is 4.28. The van der Waals surface area contributed by atoms with Gasteiger partial charge in [-0.1, -0.05) is 6.58 Å². The average molecular weight is 258 g/mol. The van der Waals surface area contributed by atoms with Crippen molar-refractivity contribution in [1.82, 2.24) is 0 Å². The van der Waals surface area contributed by atoms with Crippen LogP contribution < -0.4 is 9.47 Å². The molecule has 0 saturated heterocycles. The maximum atomic E-state index is 13.5. The van der Waals surface area contributed by atoms with Crippen molar-refractivity contribution >= 4 is 5.97 Å². The number of halogens is 2. The van der Waals surface area contributed by atoms with Crippen LogP contribution in [0.4, 0.5) is 8.78 Å². The number of aliphatic hydroxyl groups is 1. The van der Waals surface area contributed by atoms with Crippen molar-refractivity contribution in [3.63, 3.8) is 0 Å². The minimum absolute atomic E-state index is 0.0226. The quantitative estimate of drug-likeness (QED) is 0.497. The first kappa shape index (κ1) is 14.1. The summed E-state index contributed by atoms with van der Waals surface area (Å²) in [5.41, 5.74) is 0.0226. The molecule has 0 saturated carbocycles. The largest absolute Gasteiger partial charge is 0.491 e. The van der Waals surface area contributed by atoms with Crippen LogP contribution in [0.1, 0.15) is 6.92 Å². The summed E-state index contributed by atoms with van der Waals surface area (Å²) in [6.07, 6.45) is 0. The summed E-state index contributed by atoms with van der Waals surface area (Å²) in [5, 5.41) is 8.51. The number of hydrogen-bond donors (Lipinski definition) is 1. The van der Waals surface area contributed by atoms with Crippen molar-refractivity contribution in [3.05, 3.63) is 35.9 Å². The molecule has 0 heterocycles. The van der Waals surface area contributed by atoms with Gasteiger partial charge in [0.25, 0.3) is 0 Å². The molecule has 1 rings (SSSR count). The second-order valence-electron chi connectivity index (χ2n) is 3.46. The molecule has 0 aliphatic rings. The molecule has 0 bridgehead atoms. The Hall–Kier alpha value is -1.95. The van der Waals surface area contributed by atoms with Crippen molar-refractivity contribution in [2.24, 2.45) is 0 Å². The Balaban J connectivity index is 2.94. The van der Waals surface area contributed by atoms with E-state index in [4.69, 9.17) is 9.84 Å². The minimum Gasteiger partial charge on any atom is -0.491 e. The van der Waals surface area contributed by atoms with Crippen LogP contribution in [0.5, 0.6) is 11.5 Å². The summed E-state index contributed by atoms with van der Waals surface area (Å²) in [7, 11) is 0. The van der Waals surface area contributed by atoms with E-state index in [1.54, 1.807) is 0 Å². The van der Waals surface area contributed by atoms with Gasteiger partial charge in [-0.25, -0.2) is 13.6 Å². The van der Waals surface area contributed by atoms with Crippen LogP contribution in [0.3, 0.4) is 0 Å². The standard InChI is InChI=1S/C12H12F2O4/c1-7(2)12(16)18-11-9(13)5-8(6-10(11)14)17-4-3-15/h5-6,15H,1,3-4H2,2H3. The van der Waals surface area contributed by atoms with Crippen LogP contribution >= 0.6 is 0 Å². The van der Waals surface area contributed by atoms with Gasteiger partial charge in [0.15, 0.2) is 11.6 Å². The van der Waals surface area contributed by atoms with Crippen molar-refractivity contribution < 1.29 is 28.2 Å². The van der Waals surface area contributed by atoms with Gasteiger partial charge in [-0.05, 0) is 6.92 Å². The molecule has 0 atom stereocenters. The summed E-state index contributed by atoms with van der Waals surface area (Å²) in [5.74, 6) is -3.97. The summed E-state index contributed by atoms with van der Waals surface area (Å²) in [6, 6.07) is 1.72. The lowest BCUT2D eigenvalue weighted by Crippen LogP contribution is -2.11. The number of esters is 1. The lowest BCUT2D eigenvalue weighted by molar-refractivity contribution is -0.130. The number of benzene rings is 1. The monoisotopic (exact) mass is 258 g/mol. The molecule has 0 spiro atoms. The molecule has 6 heteroatoms. The van der Waals surface area contributed by atoms with E-state index >= 15 is 0 Å². The fraction of sp³-hybridized carbons (Fsp3) is 0.250. The van der Waals surface area contributed by atoms with E-state index in [2.05, 4.69) is 11.3 Å². The molecule has 18 heavy (non-hydrogen) atoms. The molecule has 0 aliphatic carbocycles. The molecule has 0 aliphatic heterocycles. The molecule has 0 fully saturated rings. The SMILES string of the molecule is C=C(C)C(=O)Oc1c(F)cc(OCCO)cc1F. The Morgan fingerprint density at radius 3 is 2.39 bits per heavy atom. The average Bonchev–Trinajstić information content (AvgIpc) is 2.30. The number of rotatable bonds is 5. The first-order valence-electron chi connectivity index (χ1n) is 5.06. The number of ether oxygens (including phenoxy) is 2. The van der Waals surface area contributed by atoms with Gasteiger partial charge in [-0.3, -0.25) is 0 Å². The lowest BCUT2D eigenvalue weighted by atomic mass is 10.3. The molecule has 1 aromatic carbocycles. The molecule has 0 radical (unpaired) electrons. The van der Waals surface area contributed by atoms with Crippen molar-refractivity contribution in [2.75, 3.05) is 13.2 Å².